The summed E-state index contributed by atoms with van der Waals surface area (Å²) >= 11 is 0. The fourth-order valence-electron chi connectivity index (χ4n) is 1.95. The maximum Gasteiger partial charge on any atom is 0.335 e. The quantitative estimate of drug-likeness (QED) is 0.116. The molecule has 24 heavy (non-hydrogen) atoms. The van der Waals surface area contributed by atoms with E-state index in [2.05, 4.69) is 11.7 Å². The lowest BCUT2D eigenvalue weighted by Gasteiger charge is -2.28. The number of hydrogen-bond donors (Lipinski definition) is 6. The molecule has 0 aromatic heterocycles. The molecule has 0 amide bonds. The van der Waals surface area contributed by atoms with Gasteiger partial charge in [-0.2, -0.15) is 0 Å². The molecule has 8 nitrogen and oxygen atoms in total. The zero-order valence-electron chi connectivity index (χ0n) is 14.2. The van der Waals surface area contributed by atoms with Gasteiger partial charge in [0.2, 0.25) is 6.29 Å². The number of carbonyl (C=O) groups is 1. The Bertz CT molecular complexity index is 384. The van der Waals surface area contributed by atoms with Gasteiger partial charge in [-0.1, -0.05) is 32.3 Å². The summed E-state index contributed by atoms with van der Waals surface area (Å²) in [5.41, 5.74) is 0.253. The second-order valence-corrected chi connectivity index (χ2v) is 5.75. The van der Waals surface area contributed by atoms with Crippen molar-refractivity contribution in [3.05, 3.63) is 11.6 Å². The zero-order chi connectivity index (χ0) is 18.7. The lowest BCUT2D eigenvalue weighted by Crippen LogP contribution is -2.51. The first-order valence-electron chi connectivity index (χ1n) is 8.15. The minimum atomic E-state index is -2.09. The first-order chi connectivity index (χ1) is 11.3. The molecule has 0 aromatic rings. The van der Waals surface area contributed by atoms with Crippen molar-refractivity contribution in [3.63, 3.8) is 0 Å². The number of unbranched alkanes of at least 4 members (excludes halogenated alkanes) is 4. The standard InChI is InChI=1S/C16H30O8/c1-3-4-5-6-7-8-10(2)15(22)24-16(23)14(21)13(20)12(19)11(18)9-17/h8,11-14,16-21,23H,3-7,9H2,1-2H3/t11-,12-,13+,14-,16?/m1/s1. The van der Waals surface area contributed by atoms with E-state index in [1.54, 1.807) is 6.08 Å². The first kappa shape index (κ1) is 23.0. The van der Waals surface area contributed by atoms with Gasteiger partial charge in [0.05, 0.1) is 6.61 Å². The van der Waals surface area contributed by atoms with Crippen LogP contribution < -0.4 is 0 Å². The Labute approximate surface area is 142 Å². The van der Waals surface area contributed by atoms with Gasteiger partial charge in [0.15, 0.2) is 0 Å². The van der Waals surface area contributed by atoms with E-state index < -0.39 is 43.3 Å². The molecule has 0 bridgehead atoms. The molecule has 0 aliphatic carbocycles. The Morgan fingerprint density at radius 3 is 2.17 bits per heavy atom. The fraction of sp³-hybridized carbons (Fsp3) is 0.812. The van der Waals surface area contributed by atoms with Crippen LogP contribution in [0.5, 0.6) is 0 Å². The number of rotatable bonds is 12. The summed E-state index contributed by atoms with van der Waals surface area (Å²) in [6, 6.07) is 0. The van der Waals surface area contributed by atoms with E-state index in [-0.39, 0.29) is 5.57 Å². The number of aliphatic hydroxyl groups excluding tert-OH is 6. The summed E-state index contributed by atoms with van der Waals surface area (Å²) in [6.07, 6.45) is -3.21. The minimum Gasteiger partial charge on any atom is -0.430 e. The summed E-state index contributed by atoms with van der Waals surface area (Å²) < 4.78 is 4.62. The van der Waals surface area contributed by atoms with E-state index in [4.69, 9.17) is 5.11 Å². The molecule has 0 spiro atoms. The highest BCUT2D eigenvalue weighted by Crippen LogP contribution is 2.12. The number of allylic oxidation sites excluding steroid dienone is 1. The molecule has 0 radical (unpaired) electrons. The van der Waals surface area contributed by atoms with Crippen LogP contribution in [-0.4, -0.2) is 73.9 Å². The molecule has 0 aromatic carbocycles. The Morgan fingerprint density at radius 2 is 1.62 bits per heavy atom. The van der Waals surface area contributed by atoms with Gasteiger partial charge in [-0.15, -0.1) is 0 Å². The van der Waals surface area contributed by atoms with E-state index >= 15 is 0 Å². The van der Waals surface area contributed by atoms with Gasteiger partial charge in [0, 0.05) is 5.57 Å². The van der Waals surface area contributed by atoms with Crippen molar-refractivity contribution in [2.24, 2.45) is 0 Å². The van der Waals surface area contributed by atoms with Crippen molar-refractivity contribution in [2.45, 2.75) is 76.7 Å². The third-order valence-corrected chi connectivity index (χ3v) is 3.63. The molecule has 0 saturated heterocycles. The summed E-state index contributed by atoms with van der Waals surface area (Å²) in [4.78, 5) is 11.8. The number of carbonyl (C=O) groups excluding carboxylic acids is 1. The largest absolute Gasteiger partial charge is 0.430 e. The molecule has 0 saturated carbocycles. The van der Waals surface area contributed by atoms with Crippen LogP contribution in [-0.2, 0) is 9.53 Å². The van der Waals surface area contributed by atoms with Gasteiger partial charge in [-0.25, -0.2) is 4.79 Å². The van der Waals surface area contributed by atoms with E-state index in [1.807, 2.05) is 0 Å². The van der Waals surface area contributed by atoms with Crippen LogP contribution in [0.1, 0.15) is 46.0 Å². The van der Waals surface area contributed by atoms with Crippen LogP contribution in [0.2, 0.25) is 0 Å². The SMILES string of the molecule is CCCCCCC=C(C)C(=O)OC(O)[C@H](O)[C@@H](O)[C@H](O)[C@H](O)CO. The third kappa shape index (κ3) is 8.18. The summed E-state index contributed by atoms with van der Waals surface area (Å²) in [6.45, 7) is 2.75. The monoisotopic (exact) mass is 350 g/mol. The number of aliphatic hydroxyl groups is 6. The molecule has 0 heterocycles. The van der Waals surface area contributed by atoms with Gasteiger partial charge >= 0.3 is 5.97 Å². The van der Waals surface area contributed by atoms with Crippen LogP contribution in [0.25, 0.3) is 0 Å². The Morgan fingerprint density at radius 1 is 1.00 bits per heavy atom. The average Bonchev–Trinajstić information content (AvgIpc) is 2.58. The molecule has 0 fully saturated rings. The zero-order valence-corrected chi connectivity index (χ0v) is 14.2. The molecule has 1 unspecified atom stereocenters. The highest BCUT2D eigenvalue weighted by molar-refractivity contribution is 5.87. The topological polar surface area (TPSA) is 148 Å². The van der Waals surface area contributed by atoms with Crippen molar-refractivity contribution >= 4 is 5.97 Å². The van der Waals surface area contributed by atoms with E-state index in [1.165, 1.54) is 6.92 Å². The third-order valence-electron chi connectivity index (χ3n) is 3.63. The van der Waals surface area contributed by atoms with E-state index in [0.29, 0.717) is 6.42 Å². The van der Waals surface area contributed by atoms with Gasteiger partial charge in [-0.05, 0) is 19.8 Å². The lowest BCUT2D eigenvalue weighted by molar-refractivity contribution is -0.211. The van der Waals surface area contributed by atoms with Crippen LogP contribution in [0.15, 0.2) is 11.6 Å². The number of hydrogen-bond acceptors (Lipinski definition) is 8. The van der Waals surface area contributed by atoms with Gasteiger partial charge < -0.3 is 35.4 Å². The van der Waals surface area contributed by atoms with Crippen molar-refractivity contribution in [1.29, 1.82) is 0 Å². The van der Waals surface area contributed by atoms with Gasteiger partial charge in [-0.3, -0.25) is 0 Å². The van der Waals surface area contributed by atoms with E-state index in [0.717, 1.165) is 25.7 Å². The summed E-state index contributed by atoms with van der Waals surface area (Å²) in [7, 11) is 0. The molecule has 8 heteroatoms. The van der Waals surface area contributed by atoms with E-state index in [9.17, 15) is 30.3 Å². The van der Waals surface area contributed by atoms with Crippen molar-refractivity contribution < 1.29 is 40.2 Å². The molecule has 0 rings (SSSR count). The van der Waals surface area contributed by atoms with Crippen molar-refractivity contribution in [1.82, 2.24) is 0 Å². The highest BCUT2D eigenvalue weighted by atomic mass is 16.6. The molecule has 5 atom stereocenters. The van der Waals surface area contributed by atoms with Crippen LogP contribution in [0, 0.1) is 0 Å². The second kappa shape index (κ2) is 12.3. The fourth-order valence-corrected chi connectivity index (χ4v) is 1.95. The maximum absolute atomic E-state index is 11.8. The van der Waals surface area contributed by atoms with Crippen LogP contribution in [0.3, 0.4) is 0 Å². The maximum atomic E-state index is 11.8. The summed E-state index contributed by atoms with van der Waals surface area (Å²) in [5, 5.41) is 56.2. The number of esters is 1. The van der Waals surface area contributed by atoms with Gasteiger partial charge in [0.1, 0.15) is 24.4 Å². The Kier molecular flexibility index (Phi) is 11.8. The predicted molar refractivity (Wildman–Crippen MR) is 85.7 cm³/mol. The highest BCUT2D eigenvalue weighted by Gasteiger charge is 2.35. The average molecular weight is 350 g/mol. The molecular weight excluding hydrogens is 320 g/mol. The smallest absolute Gasteiger partial charge is 0.335 e. The lowest BCUT2D eigenvalue weighted by atomic mass is 10.0. The normalized spacial score (nSPS) is 18.6. The minimum absolute atomic E-state index is 0.253. The number of ether oxygens (including phenoxy) is 1. The molecule has 142 valence electrons. The first-order valence-corrected chi connectivity index (χ1v) is 8.15. The second-order valence-electron chi connectivity index (χ2n) is 5.75. The van der Waals surface area contributed by atoms with Crippen molar-refractivity contribution in [2.75, 3.05) is 6.61 Å². The Balaban J connectivity index is 4.43. The van der Waals surface area contributed by atoms with Crippen LogP contribution >= 0.6 is 0 Å². The molecule has 6 N–H and O–H groups in total. The van der Waals surface area contributed by atoms with Crippen LogP contribution in [0.4, 0.5) is 0 Å². The molecule has 0 aliphatic heterocycles. The van der Waals surface area contributed by atoms with Crippen molar-refractivity contribution in [3.8, 4) is 0 Å². The molecule has 0 aliphatic rings. The Hall–Kier alpha value is -1.03. The molecular formula is C16H30O8. The van der Waals surface area contributed by atoms with Gasteiger partial charge in [0.25, 0.3) is 0 Å². The summed E-state index contributed by atoms with van der Waals surface area (Å²) in [5.74, 6) is -0.860. The predicted octanol–water partition coefficient (Wildman–Crippen LogP) is -0.799.